The number of nitrogens with one attached hydrogen (secondary N) is 1. The van der Waals surface area contributed by atoms with Crippen molar-refractivity contribution in [3.8, 4) is 5.75 Å². The molecule has 21 heavy (non-hydrogen) atoms. The lowest BCUT2D eigenvalue weighted by molar-refractivity contribution is 0.0602. The molecular weight excluding hydrogens is 290 g/mol. The van der Waals surface area contributed by atoms with E-state index in [0.717, 1.165) is 11.4 Å². The summed E-state index contributed by atoms with van der Waals surface area (Å²) in [6, 6.07) is 14.4. The van der Waals surface area contributed by atoms with Crippen molar-refractivity contribution >= 4 is 23.3 Å². The van der Waals surface area contributed by atoms with Gasteiger partial charge in [-0.2, -0.15) is 0 Å². The monoisotopic (exact) mass is 305 g/mol. The zero-order valence-electron chi connectivity index (χ0n) is 11.6. The summed E-state index contributed by atoms with van der Waals surface area (Å²) in [4.78, 5) is 11.6. The van der Waals surface area contributed by atoms with Crippen LogP contribution in [0.15, 0.2) is 48.5 Å². The highest BCUT2D eigenvalue weighted by molar-refractivity contribution is 6.30. The van der Waals surface area contributed by atoms with E-state index in [1.54, 1.807) is 24.3 Å². The molecule has 0 fully saturated rings. The van der Waals surface area contributed by atoms with Crippen LogP contribution in [0.4, 0.5) is 5.69 Å². The molecular formula is C16H16ClNO3. The Labute approximate surface area is 128 Å². The highest BCUT2D eigenvalue weighted by Crippen LogP contribution is 2.17. The smallest absolute Gasteiger partial charge is 0.339 e. The maximum absolute atomic E-state index is 11.6. The molecule has 0 spiro atoms. The van der Waals surface area contributed by atoms with E-state index in [4.69, 9.17) is 21.1 Å². The predicted octanol–water partition coefficient (Wildman–Crippen LogP) is 3.62. The molecule has 0 radical (unpaired) electrons. The Morgan fingerprint density at radius 1 is 1.14 bits per heavy atom. The van der Waals surface area contributed by atoms with Crippen LogP contribution < -0.4 is 10.1 Å². The summed E-state index contributed by atoms with van der Waals surface area (Å²) in [7, 11) is 1.36. The van der Waals surface area contributed by atoms with Crippen LogP contribution >= 0.6 is 11.6 Å². The van der Waals surface area contributed by atoms with Gasteiger partial charge in [0.25, 0.3) is 0 Å². The van der Waals surface area contributed by atoms with Crippen LogP contribution in [0, 0.1) is 0 Å². The maximum atomic E-state index is 11.6. The lowest BCUT2D eigenvalue weighted by Gasteiger charge is -2.11. The highest BCUT2D eigenvalue weighted by atomic mass is 35.5. The van der Waals surface area contributed by atoms with Gasteiger partial charge in [-0.05, 0) is 36.4 Å². The van der Waals surface area contributed by atoms with Gasteiger partial charge in [-0.3, -0.25) is 0 Å². The van der Waals surface area contributed by atoms with E-state index in [0.29, 0.717) is 23.7 Å². The number of anilines is 1. The van der Waals surface area contributed by atoms with Gasteiger partial charge in [0.05, 0.1) is 12.7 Å². The van der Waals surface area contributed by atoms with Crippen molar-refractivity contribution in [2.24, 2.45) is 0 Å². The zero-order chi connectivity index (χ0) is 15.1. The van der Waals surface area contributed by atoms with Crippen molar-refractivity contribution < 1.29 is 14.3 Å². The van der Waals surface area contributed by atoms with Crippen molar-refractivity contribution in [3.63, 3.8) is 0 Å². The van der Waals surface area contributed by atoms with E-state index < -0.39 is 0 Å². The van der Waals surface area contributed by atoms with Crippen molar-refractivity contribution in [1.29, 1.82) is 0 Å². The second kappa shape index (κ2) is 7.55. The summed E-state index contributed by atoms with van der Waals surface area (Å²) in [5.74, 6) is 0.388. The molecule has 0 atom stereocenters. The van der Waals surface area contributed by atoms with Crippen molar-refractivity contribution in [2.45, 2.75) is 0 Å². The van der Waals surface area contributed by atoms with Crippen molar-refractivity contribution in [3.05, 3.63) is 59.1 Å². The van der Waals surface area contributed by atoms with Gasteiger partial charge < -0.3 is 14.8 Å². The number of methoxy groups -OCH3 is 1. The number of hydrogen-bond acceptors (Lipinski definition) is 4. The SMILES string of the molecule is COC(=O)c1ccccc1NCCOc1ccc(Cl)cc1. The summed E-state index contributed by atoms with van der Waals surface area (Å²) >= 11 is 5.80. The first kappa shape index (κ1) is 15.2. The molecule has 0 aliphatic rings. The molecule has 4 nitrogen and oxygen atoms in total. The molecule has 110 valence electrons. The van der Waals surface area contributed by atoms with Crippen LogP contribution in [0.5, 0.6) is 5.75 Å². The first-order valence-corrected chi connectivity index (χ1v) is 6.88. The second-order valence-corrected chi connectivity index (χ2v) is 4.70. The number of esters is 1. The minimum Gasteiger partial charge on any atom is -0.492 e. The van der Waals surface area contributed by atoms with E-state index in [-0.39, 0.29) is 5.97 Å². The Kier molecular flexibility index (Phi) is 5.46. The fraction of sp³-hybridized carbons (Fsp3) is 0.188. The number of carbonyl (C=O) groups is 1. The molecule has 0 unspecified atom stereocenters. The summed E-state index contributed by atoms with van der Waals surface area (Å²) in [6.07, 6.45) is 0. The average Bonchev–Trinajstić information content (AvgIpc) is 2.53. The fourth-order valence-corrected chi connectivity index (χ4v) is 1.94. The van der Waals surface area contributed by atoms with E-state index in [1.807, 2.05) is 24.3 Å². The fourth-order valence-electron chi connectivity index (χ4n) is 1.81. The number of ether oxygens (including phenoxy) is 2. The Bertz CT molecular complexity index is 599. The molecule has 0 aliphatic heterocycles. The predicted molar refractivity (Wildman–Crippen MR) is 83.2 cm³/mol. The highest BCUT2D eigenvalue weighted by Gasteiger charge is 2.10. The van der Waals surface area contributed by atoms with Crippen LogP contribution in [-0.4, -0.2) is 26.2 Å². The normalized spacial score (nSPS) is 10.0. The van der Waals surface area contributed by atoms with Gasteiger partial charge in [-0.15, -0.1) is 0 Å². The van der Waals surface area contributed by atoms with Crippen LogP contribution in [0.3, 0.4) is 0 Å². The number of halogens is 1. The quantitative estimate of drug-likeness (QED) is 0.654. The number of hydrogen-bond donors (Lipinski definition) is 1. The Morgan fingerprint density at radius 3 is 2.57 bits per heavy atom. The van der Waals surface area contributed by atoms with Gasteiger partial charge >= 0.3 is 5.97 Å². The molecule has 0 heterocycles. The third kappa shape index (κ3) is 4.39. The van der Waals surface area contributed by atoms with Gasteiger partial charge in [0.15, 0.2) is 0 Å². The molecule has 2 aromatic rings. The van der Waals surface area contributed by atoms with E-state index in [1.165, 1.54) is 7.11 Å². The third-order valence-corrected chi connectivity index (χ3v) is 3.08. The lowest BCUT2D eigenvalue weighted by Crippen LogP contribution is -2.14. The molecule has 0 aromatic heterocycles. The van der Waals surface area contributed by atoms with Crippen LogP contribution in [-0.2, 0) is 4.74 Å². The zero-order valence-corrected chi connectivity index (χ0v) is 12.4. The van der Waals surface area contributed by atoms with Gasteiger partial charge in [0.2, 0.25) is 0 Å². The molecule has 0 amide bonds. The molecule has 0 bridgehead atoms. The average molecular weight is 306 g/mol. The molecule has 1 N–H and O–H groups in total. The summed E-state index contributed by atoms with van der Waals surface area (Å²) in [5.41, 5.74) is 1.23. The summed E-state index contributed by atoms with van der Waals surface area (Å²) in [5, 5.41) is 3.83. The van der Waals surface area contributed by atoms with Crippen LogP contribution in [0.1, 0.15) is 10.4 Å². The molecule has 0 saturated heterocycles. The third-order valence-electron chi connectivity index (χ3n) is 2.83. The van der Waals surface area contributed by atoms with E-state index in [2.05, 4.69) is 5.32 Å². The Hall–Kier alpha value is -2.20. The first-order valence-electron chi connectivity index (χ1n) is 6.50. The van der Waals surface area contributed by atoms with Crippen molar-refractivity contribution in [1.82, 2.24) is 0 Å². The lowest BCUT2D eigenvalue weighted by atomic mass is 10.2. The molecule has 0 aliphatic carbocycles. The Morgan fingerprint density at radius 2 is 1.86 bits per heavy atom. The summed E-state index contributed by atoms with van der Waals surface area (Å²) < 4.78 is 10.3. The van der Waals surface area contributed by atoms with Gasteiger partial charge in [0, 0.05) is 17.3 Å². The van der Waals surface area contributed by atoms with Crippen LogP contribution in [0.2, 0.25) is 5.02 Å². The van der Waals surface area contributed by atoms with Gasteiger partial charge in [-0.25, -0.2) is 4.79 Å². The number of benzene rings is 2. The van der Waals surface area contributed by atoms with Crippen LogP contribution in [0.25, 0.3) is 0 Å². The number of rotatable bonds is 6. The topological polar surface area (TPSA) is 47.6 Å². The minimum absolute atomic E-state index is 0.364. The Balaban J connectivity index is 1.86. The molecule has 2 rings (SSSR count). The van der Waals surface area contributed by atoms with Gasteiger partial charge in [0.1, 0.15) is 12.4 Å². The maximum Gasteiger partial charge on any atom is 0.339 e. The minimum atomic E-state index is -0.364. The molecule has 2 aromatic carbocycles. The van der Waals surface area contributed by atoms with Crippen molar-refractivity contribution in [2.75, 3.05) is 25.6 Å². The second-order valence-electron chi connectivity index (χ2n) is 4.27. The summed E-state index contributed by atoms with van der Waals surface area (Å²) in [6.45, 7) is 1.04. The molecule has 0 saturated carbocycles. The number of para-hydroxylation sites is 1. The van der Waals surface area contributed by atoms with E-state index >= 15 is 0 Å². The van der Waals surface area contributed by atoms with E-state index in [9.17, 15) is 4.79 Å². The molecule has 5 heteroatoms. The van der Waals surface area contributed by atoms with Gasteiger partial charge in [-0.1, -0.05) is 23.7 Å². The largest absolute Gasteiger partial charge is 0.492 e. The standard InChI is InChI=1S/C16H16ClNO3/c1-20-16(19)14-4-2-3-5-15(14)18-10-11-21-13-8-6-12(17)7-9-13/h2-9,18H,10-11H2,1H3. The number of carbonyl (C=O) groups excluding carboxylic acids is 1. The first-order chi connectivity index (χ1) is 10.2.